The Balaban J connectivity index is 2.87. The van der Waals surface area contributed by atoms with Crippen LogP contribution in [0.5, 0.6) is 0 Å². The van der Waals surface area contributed by atoms with E-state index in [-0.39, 0.29) is 0 Å². The number of hydrogen-bond acceptors (Lipinski definition) is 2. The van der Waals surface area contributed by atoms with Crippen molar-refractivity contribution in [3.63, 3.8) is 0 Å². The minimum absolute atomic E-state index is 0.641. The highest BCUT2D eigenvalue weighted by Gasteiger charge is 2.07. The molecule has 0 aliphatic carbocycles. The molecular weight excluding hydrogens is 296 g/mol. The maximum atomic E-state index is 5.33. The molecule has 1 aromatic heterocycles. The summed E-state index contributed by atoms with van der Waals surface area (Å²) in [4.78, 5) is 5.01. The van der Waals surface area contributed by atoms with Crippen LogP contribution in [0.3, 0.4) is 0 Å². The monoisotopic (exact) mass is 310 g/mol. The molecule has 0 spiro atoms. The molecule has 17 heavy (non-hydrogen) atoms. The van der Waals surface area contributed by atoms with E-state index in [0.29, 0.717) is 4.99 Å². The number of thiocarbonyl (C=S) groups is 1. The smallest absolute Gasteiger partial charge is 0.129 e. The number of nitrogens with zero attached hydrogens (tertiary/aromatic N) is 1. The highest BCUT2D eigenvalue weighted by molar-refractivity contribution is 9.10. The van der Waals surface area contributed by atoms with Crippen molar-refractivity contribution in [2.75, 3.05) is 0 Å². The molecule has 0 aromatic carbocycles. The number of pyridine rings is 1. The van der Waals surface area contributed by atoms with Crippen LogP contribution >= 0.6 is 28.1 Å². The first-order valence-corrected chi connectivity index (χ1v) is 6.48. The molecule has 1 heterocycles. The molecule has 1 rings (SSSR count). The number of nitrogens with one attached hydrogen (secondary N) is 1. The molecule has 0 unspecified atom stereocenters. The third kappa shape index (κ3) is 4.40. The van der Waals surface area contributed by atoms with Gasteiger partial charge in [-0.3, -0.25) is 0 Å². The third-order valence-corrected chi connectivity index (χ3v) is 2.86. The number of hydrogen-bond donors (Lipinski definition) is 1. The molecule has 2 nitrogen and oxygen atoms in total. The van der Waals surface area contributed by atoms with Crippen molar-refractivity contribution in [3.05, 3.63) is 51.9 Å². The van der Waals surface area contributed by atoms with Crippen LogP contribution in [-0.4, -0.2) is 9.97 Å². The SMILES string of the molecule is CC=CC=C(C)NC(=S)c1nc(Br)ccc1C. The predicted molar refractivity (Wildman–Crippen MR) is 80.1 cm³/mol. The summed E-state index contributed by atoms with van der Waals surface area (Å²) < 4.78 is 0.789. The van der Waals surface area contributed by atoms with E-state index in [2.05, 4.69) is 26.2 Å². The first kappa shape index (κ1) is 14.1. The van der Waals surface area contributed by atoms with Gasteiger partial charge in [0, 0.05) is 5.70 Å². The van der Waals surface area contributed by atoms with Crippen LogP contribution in [-0.2, 0) is 0 Å². The van der Waals surface area contributed by atoms with Crippen LogP contribution < -0.4 is 5.32 Å². The summed E-state index contributed by atoms with van der Waals surface area (Å²) in [5, 5.41) is 3.16. The Kier molecular flexibility index (Phi) is 5.51. The minimum atomic E-state index is 0.641. The van der Waals surface area contributed by atoms with Crippen LogP contribution in [0.4, 0.5) is 0 Å². The van der Waals surface area contributed by atoms with Crippen molar-refractivity contribution in [2.45, 2.75) is 20.8 Å². The molecule has 4 heteroatoms. The highest BCUT2D eigenvalue weighted by Crippen LogP contribution is 2.12. The number of rotatable bonds is 3. The van der Waals surface area contributed by atoms with Gasteiger partial charge in [0.2, 0.25) is 0 Å². The second-order valence-corrected chi connectivity index (χ2v) is 4.85. The zero-order valence-electron chi connectivity index (χ0n) is 10.1. The summed E-state index contributed by atoms with van der Waals surface area (Å²) in [6.07, 6.45) is 5.91. The van der Waals surface area contributed by atoms with E-state index in [9.17, 15) is 0 Å². The van der Waals surface area contributed by atoms with Crippen LogP contribution in [0.15, 0.2) is 40.7 Å². The topological polar surface area (TPSA) is 24.9 Å². The van der Waals surface area contributed by atoms with Gasteiger partial charge in [0.05, 0.1) is 0 Å². The maximum absolute atomic E-state index is 5.33. The maximum Gasteiger partial charge on any atom is 0.129 e. The van der Waals surface area contributed by atoms with Gasteiger partial charge in [-0.25, -0.2) is 4.98 Å². The molecule has 0 aliphatic rings. The quantitative estimate of drug-likeness (QED) is 0.521. The van der Waals surface area contributed by atoms with Gasteiger partial charge >= 0.3 is 0 Å². The zero-order valence-corrected chi connectivity index (χ0v) is 12.5. The third-order valence-electron chi connectivity index (χ3n) is 2.13. The molecular formula is C13H15BrN2S. The van der Waals surface area contributed by atoms with Crippen LogP contribution in [0.2, 0.25) is 0 Å². The van der Waals surface area contributed by atoms with Gasteiger partial charge in [-0.15, -0.1) is 0 Å². The fourth-order valence-corrected chi connectivity index (χ4v) is 1.93. The van der Waals surface area contributed by atoms with Gasteiger partial charge in [0.1, 0.15) is 15.3 Å². The predicted octanol–water partition coefficient (Wildman–Crippen LogP) is 3.90. The molecule has 0 bridgehead atoms. The summed E-state index contributed by atoms with van der Waals surface area (Å²) >= 11 is 8.68. The molecule has 0 atom stereocenters. The lowest BCUT2D eigenvalue weighted by molar-refractivity contribution is 1.10. The van der Waals surface area contributed by atoms with E-state index >= 15 is 0 Å². The summed E-state index contributed by atoms with van der Waals surface area (Å²) in [6, 6.07) is 3.90. The van der Waals surface area contributed by atoms with Crippen LogP contribution in [0.25, 0.3) is 0 Å². The molecule has 0 saturated carbocycles. The average molecular weight is 311 g/mol. The lowest BCUT2D eigenvalue weighted by Gasteiger charge is -2.09. The summed E-state index contributed by atoms with van der Waals surface area (Å²) in [7, 11) is 0. The van der Waals surface area contributed by atoms with Gasteiger partial charge in [-0.1, -0.05) is 30.4 Å². The molecule has 0 radical (unpaired) electrons. The van der Waals surface area contributed by atoms with Crippen molar-refractivity contribution >= 4 is 33.1 Å². The van der Waals surface area contributed by atoms with E-state index in [1.165, 1.54) is 0 Å². The van der Waals surface area contributed by atoms with Gasteiger partial charge in [0.15, 0.2) is 0 Å². The van der Waals surface area contributed by atoms with Crippen molar-refractivity contribution < 1.29 is 0 Å². The molecule has 90 valence electrons. The normalized spacial score (nSPS) is 11.9. The Morgan fingerprint density at radius 2 is 2.18 bits per heavy atom. The van der Waals surface area contributed by atoms with Crippen molar-refractivity contribution in [1.29, 1.82) is 0 Å². The van der Waals surface area contributed by atoms with E-state index < -0.39 is 0 Å². The van der Waals surface area contributed by atoms with Gasteiger partial charge in [-0.2, -0.15) is 0 Å². The average Bonchev–Trinajstić information content (AvgIpc) is 2.29. The number of halogens is 1. The molecule has 1 aromatic rings. The van der Waals surface area contributed by atoms with E-state index in [0.717, 1.165) is 21.6 Å². The van der Waals surface area contributed by atoms with Gasteiger partial charge < -0.3 is 5.32 Å². The molecule has 0 saturated heterocycles. The Morgan fingerprint density at radius 3 is 2.82 bits per heavy atom. The Bertz CT molecular complexity index is 478. The Hall–Kier alpha value is -1.000. The van der Waals surface area contributed by atoms with Gasteiger partial charge in [0.25, 0.3) is 0 Å². The molecule has 1 N–H and O–H groups in total. The lowest BCUT2D eigenvalue weighted by atomic mass is 10.2. The largest absolute Gasteiger partial charge is 0.349 e. The fraction of sp³-hybridized carbons (Fsp3) is 0.231. The molecule has 0 amide bonds. The second kappa shape index (κ2) is 6.67. The van der Waals surface area contributed by atoms with E-state index in [1.807, 2.05) is 51.1 Å². The van der Waals surface area contributed by atoms with Crippen molar-refractivity contribution in [3.8, 4) is 0 Å². The number of aromatic nitrogens is 1. The van der Waals surface area contributed by atoms with Gasteiger partial charge in [-0.05, 0) is 54.4 Å². The van der Waals surface area contributed by atoms with Crippen LogP contribution in [0, 0.1) is 6.92 Å². The second-order valence-electron chi connectivity index (χ2n) is 3.63. The fourth-order valence-electron chi connectivity index (χ4n) is 1.26. The lowest BCUT2D eigenvalue weighted by Crippen LogP contribution is -2.22. The Morgan fingerprint density at radius 1 is 1.47 bits per heavy atom. The summed E-state index contributed by atoms with van der Waals surface area (Å²) in [5.41, 5.74) is 2.86. The number of allylic oxidation sites excluding steroid dienone is 4. The summed E-state index contributed by atoms with van der Waals surface area (Å²) in [5.74, 6) is 0. The first-order valence-electron chi connectivity index (χ1n) is 5.28. The van der Waals surface area contributed by atoms with E-state index in [4.69, 9.17) is 12.2 Å². The van der Waals surface area contributed by atoms with Crippen molar-refractivity contribution in [2.24, 2.45) is 0 Å². The number of aryl methyl sites for hydroxylation is 1. The van der Waals surface area contributed by atoms with Crippen molar-refractivity contribution in [1.82, 2.24) is 10.3 Å². The first-order chi connectivity index (χ1) is 8.04. The van der Waals surface area contributed by atoms with Crippen LogP contribution in [0.1, 0.15) is 25.1 Å². The van der Waals surface area contributed by atoms with E-state index in [1.54, 1.807) is 0 Å². The molecule has 0 fully saturated rings. The molecule has 0 aliphatic heterocycles. The standard InChI is InChI=1S/C13H15BrN2S/c1-4-5-6-10(3)15-13(17)12-9(2)7-8-11(14)16-12/h4-8H,1-3H3,(H,15,17). The summed E-state index contributed by atoms with van der Waals surface area (Å²) in [6.45, 7) is 5.94. The zero-order chi connectivity index (χ0) is 12.8. The minimum Gasteiger partial charge on any atom is -0.349 e. The Labute approximate surface area is 116 Å². The highest BCUT2D eigenvalue weighted by atomic mass is 79.9.